The number of carbonyl (C=O) groups is 1. The van der Waals surface area contributed by atoms with Crippen LogP contribution in [0.4, 0.5) is 4.79 Å². The van der Waals surface area contributed by atoms with Gasteiger partial charge < -0.3 is 4.74 Å². The first-order valence-corrected chi connectivity index (χ1v) is 6.69. The number of ether oxygens (including phenoxy) is 1. The standard InChI is InChI=1S/C15H28N2O2/c1-8-13(4)9-10-17(11-12(2)3)16-14(18)19-15(5,6)7/h2,4,8-11H2,1,3,5-7H3,(H,16,18). The number of hydrazine groups is 1. The van der Waals surface area contributed by atoms with Crippen LogP contribution in [0.25, 0.3) is 0 Å². The van der Waals surface area contributed by atoms with Gasteiger partial charge in [-0.1, -0.05) is 31.2 Å². The zero-order chi connectivity index (χ0) is 15.1. The molecule has 0 radical (unpaired) electrons. The largest absolute Gasteiger partial charge is 0.443 e. The average Bonchev–Trinajstić information content (AvgIpc) is 2.21. The van der Waals surface area contributed by atoms with Gasteiger partial charge in [0.05, 0.1) is 0 Å². The Hall–Kier alpha value is -1.29. The van der Waals surface area contributed by atoms with Gasteiger partial charge in [0, 0.05) is 13.1 Å². The zero-order valence-electron chi connectivity index (χ0n) is 13.0. The minimum atomic E-state index is -0.494. The minimum Gasteiger partial charge on any atom is -0.443 e. The zero-order valence-corrected chi connectivity index (χ0v) is 13.0. The molecule has 0 unspecified atom stereocenters. The molecule has 0 atom stereocenters. The number of nitrogens with zero attached hydrogens (tertiary/aromatic N) is 1. The lowest BCUT2D eigenvalue weighted by atomic mass is 10.1. The Kier molecular flexibility index (Phi) is 7.45. The highest BCUT2D eigenvalue weighted by Crippen LogP contribution is 2.08. The predicted molar refractivity (Wildman–Crippen MR) is 79.8 cm³/mol. The summed E-state index contributed by atoms with van der Waals surface area (Å²) in [7, 11) is 0. The van der Waals surface area contributed by atoms with Gasteiger partial charge in [-0.25, -0.2) is 9.80 Å². The monoisotopic (exact) mass is 268 g/mol. The van der Waals surface area contributed by atoms with Crippen molar-refractivity contribution < 1.29 is 9.53 Å². The van der Waals surface area contributed by atoms with Crippen molar-refractivity contribution >= 4 is 6.09 Å². The Morgan fingerprint density at radius 3 is 2.32 bits per heavy atom. The van der Waals surface area contributed by atoms with E-state index in [4.69, 9.17) is 4.74 Å². The smallest absolute Gasteiger partial charge is 0.422 e. The lowest BCUT2D eigenvalue weighted by molar-refractivity contribution is 0.0345. The maximum Gasteiger partial charge on any atom is 0.422 e. The van der Waals surface area contributed by atoms with E-state index in [1.807, 2.05) is 32.7 Å². The molecule has 0 aromatic heterocycles. The molecule has 0 aliphatic heterocycles. The quantitative estimate of drug-likeness (QED) is 0.566. The Balaban J connectivity index is 4.38. The molecule has 0 saturated heterocycles. The van der Waals surface area contributed by atoms with Gasteiger partial charge >= 0.3 is 6.09 Å². The van der Waals surface area contributed by atoms with Gasteiger partial charge in [0.15, 0.2) is 0 Å². The van der Waals surface area contributed by atoms with Crippen LogP contribution in [0, 0.1) is 0 Å². The maximum absolute atomic E-state index is 11.7. The second-order valence-electron chi connectivity index (χ2n) is 5.85. The molecule has 0 aliphatic carbocycles. The molecule has 0 saturated carbocycles. The van der Waals surface area contributed by atoms with E-state index >= 15 is 0 Å². The molecule has 1 amide bonds. The van der Waals surface area contributed by atoms with Crippen LogP contribution in [0.15, 0.2) is 24.3 Å². The molecule has 110 valence electrons. The number of hydrogen-bond acceptors (Lipinski definition) is 3. The third-order valence-corrected chi connectivity index (χ3v) is 2.34. The summed E-state index contributed by atoms with van der Waals surface area (Å²) in [4.78, 5) is 11.7. The first kappa shape index (κ1) is 17.7. The number of carbonyl (C=O) groups excluding carboxylic acids is 1. The Morgan fingerprint density at radius 2 is 1.89 bits per heavy atom. The van der Waals surface area contributed by atoms with Crippen molar-refractivity contribution in [3.05, 3.63) is 24.3 Å². The topological polar surface area (TPSA) is 41.6 Å². The summed E-state index contributed by atoms with van der Waals surface area (Å²) in [5.41, 5.74) is 4.41. The third kappa shape index (κ3) is 10.3. The van der Waals surface area contributed by atoms with Crippen molar-refractivity contribution in [3.63, 3.8) is 0 Å². The number of nitrogens with one attached hydrogen (secondary N) is 1. The normalized spacial score (nSPS) is 11.3. The second-order valence-corrected chi connectivity index (χ2v) is 5.85. The lowest BCUT2D eigenvalue weighted by Crippen LogP contribution is -2.45. The molecule has 4 nitrogen and oxygen atoms in total. The lowest BCUT2D eigenvalue weighted by Gasteiger charge is -2.26. The van der Waals surface area contributed by atoms with Crippen LogP contribution in [0.1, 0.15) is 47.5 Å². The van der Waals surface area contributed by atoms with Crippen molar-refractivity contribution in [2.75, 3.05) is 13.1 Å². The van der Waals surface area contributed by atoms with Gasteiger partial charge in [-0.05, 0) is 40.5 Å². The van der Waals surface area contributed by atoms with Crippen molar-refractivity contribution in [2.45, 2.75) is 53.1 Å². The SMILES string of the molecule is C=C(C)CN(CCC(=C)CC)NC(=O)OC(C)(C)C. The molecule has 1 N–H and O–H groups in total. The highest BCUT2D eigenvalue weighted by atomic mass is 16.6. The van der Waals surface area contributed by atoms with Crippen molar-refractivity contribution in [1.29, 1.82) is 0 Å². The average molecular weight is 268 g/mol. The van der Waals surface area contributed by atoms with E-state index < -0.39 is 11.7 Å². The van der Waals surface area contributed by atoms with Crippen LogP contribution in [0.3, 0.4) is 0 Å². The Labute approximate surface area is 117 Å². The van der Waals surface area contributed by atoms with Crippen molar-refractivity contribution in [2.24, 2.45) is 0 Å². The molecule has 0 fully saturated rings. The highest BCUT2D eigenvalue weighted by Gasteiger charge is 2.18. The van der Waals surface area contributed by atoms with Gasteiger partial charge in [-0.3, -0.25) is 5.43 Å². The first-order valence-electron chi connectivity index (χ1n) is 6.69. The van der Waals surface area contributed by atoms with Gasteiger partial charge in [-0.2, -0.15) is 0 Å². The molecular formula is C15H28N2O2. The van der Waals surface area contributed by atoms with Crippen LogP contribution < -0.4 is 5.43 Å². The van der Waals surface area contributed by atoms with E-state index in [-0.39, 0.29) is 0 Å². The molecule has 0 heterocycles. The summed E-state index contributed by atoms with van der Waals surface area (Å²) < 4.78 is 5.24. The fraction of sp³-hybridized carbons (Fsp3) is 0.667. The predicted octanol–water partition coefficient (Wildman–Crippen LogP) is 3.66. The summed E-state index contributed by atoms with van der Waals surface area (Å²) in [6.45, 7) is 18.7. The van der Waals surface area contributed by atoms with Gasteiger partial charge in [-0.15, -0.1) is 0 Å². The fourth-order valence-electron chi connectivity index (χ4n) is 1.40. The number of hydrogen-bond donors (Lipinski definition) is 1. The first-order chi connectivity index (χ1) is 8.64. The highest BCUT2D eigenvalue weighted by molar-refractivity contribution is 5.67. The van der Waals surface area contributed by atoms with Crippen LogP contribution in [-0.4, -0.2) is 29.8 Å². The molecule has 19 heavy (non-hydrogen) atoms. The molecule has 0 aromatic carbocycles. The molecule has 0 spiro atoms. The van der Waals surface area contributed by atoms with Crippen LogP contribution in [-0.2, 0) is 4.74 Å². The fourth-order valence-corrected chi connectivity index (χ4v) is 1.40. The van der Waals surface area contributed by atoms with E-state index in [0.29, 0.717) is 13.1 Å². The van der Waals surface area contributed by atoms with Gasteiger partial charge in [0.25, 0.3) is 0 Å². The number of rotatable bonds is 7. The molecule has 0 aliphatic rings. The van der Waals surface area contributed by atoms with Gasteiger partial charge in [0.1, 0.15) is 5.60 Å². The van der Waals surface area contributed by atoms with Crippen LogP contribution in [0.5, 0.6) is 0 Å². The summed E-state index contributed by atoms with van der Waals surface area (Å²) in [6.07, 6.45) is 1.36. The molecular weight excluding hydrogens is 240 g/mol. The second kappa shape index (κ2) is 8.00. The molecule has 0 aromatic rings. The maximum atomic E-state index is 11.7. The van der Waals surface area contributed by atoms with E-state index in [9.17, 15) is 4.79 Å². The van der Waals surface area contributed by atoms with Gasteiger partial charge in [0.2, 0.25) is 0 Å². The van der Waals surface area contributed by atoms with Crippen LogP contribution in [0.2, 0.25) is 0 Å². The number of amides is 1. The van der Waals surface area contributed by atoms with E-state index in [1.165, 1.54) is 0 Å². The molecule has 0 rings (SSSR count). The van der Waals surface area contributed by atoms with E-state index in [1.54, 1.807) is 0 Å². The van der Waals surface area contributed by atoms with E-state index in [2.05, 4.69) is 25.5 Å². The van der Waals surface area contributed by atoms with Crippen molar-refractivity contribution in [1.82, 2.24) is 10.4 Å². The van der Waals surface area contributed by atoms with Crippen molar-refractivity contribution in [3.8, 4) is 0 Å². The van der Waals surface area contributed by atoms with E-state index in [0.717, 1.165) is 24.0 Å². The Bertz CT molecular complexity index is 330. The molecule has 4 heteroatoms. The minimum absolute atomic E-state index is 0.434. The summed E-state index contributed by atoms with van der Waals surface area (Å²) in [5.74, 6) is 0. The summed E-state index contributed by atoms with van der Waals surface area (Å²) in [6, 6.07) is 0. The van der Waals surface area contributed by atoms with Crippen LogP contribution >= 0.6 is 0 Å². The Morgan fingerprint density at radius 1 is 1.32 bits per heavy atom. The molecule has 0 bridgehead atoms. The summed E-state index contributed by atoms with van der Waals surface area (Å²) in [5, 5.41) is 1.82. The summed E-state index contributed by atoms with van der Waals surface area (Å²) >= 11 is 0. The third-order valence-electron chi connectivity index (χ3n) is 2.34.